The van der Waals surface area contributed by atoms with Crippen molar-refractivity contribution in [1.82, 2.24) is 0 Å². The highest BCUT2D eigenvalue weighted by atomic mass is 16.4. The number of carbonyl (C=O) groups is 1. The van der Waals surface area contributed by atoms with Crippen LogP contribution in [0.3, 0.4) is 0 Å². The summed E-state index contributed by atoms with van der Waals surface area (Å²) in [5.74, 6) is -0.0370. The lowest BCUT2D eigenvalue weighted by atomic mass is 10.4. The molecule has 1 rings (SSSR count). The standard InChI is InChI=1S/C5H8.C4H6O2/c1-2-5-3-4-5;1-3(2)4(5)6/h2,5H,1,3-4H2;1H2,2H3,(H,5,6). The van der Waals surface area contributed by atoms with Crippen molar-refractivity contribution in [1.29, 1.82) is 0 Å². The fourth-order valence-electron chi connectivity index (χ4n) is 0.332. The highest BCUT2D eigenvalue weighted by molar-refractivity contribution is 5.84. The lowest BCUT2D eigenvalue weighted by Gasteiger charge is -1.79. The van der Waals surface area contributed by atoms with E-state index in [-0.39, 0.29) is 5.57 Å². The molecule has 11 heavy (non-hydrogen) atoms. The maximum absolute atomic E-state index is 9.60. The van der Waals surface area contributed by atoms with Crippen molar-refractivity contribution in [3.05, 3.63) is 24.8 Å². The minimum absolute atomic E-state index is 0.176. The van der Waals surface area contributed by atoms with Crippen molar-refractivity contribution in [3.8, 4) is 0 Å². The first-order valence-corrected chi connectivity index (χ1v) is 3.59. The number of hydrogen-bond acceptors (Lipinski definition) is 1. The van der Waals surface area contributed by atoms with E-state index in [1.165, 1.54) is 19.8 Å². The van der Waals surface area contributed by atoms with E-state index in [9.17, 15) is 4.79 Å². The van der Waals surface area contributed by atoms with E-state index in [2.05, 4.69) is 13.2 Å². The average Bonchev–Trinajstić information content (AvgIpc) is 2.70. The Morgan fingerprint density at radius 3 is 2.00 bits per heavy atom. The molecule has 1 N–H and O–H groups in total. The second-order valence-corrected chi connectivity index (χ2v) is 2.66. The number of allylic oxidation sites excluding steroid dienone is 1. The molecule has 0 amide bonds. The molecule has 0 radical (unpaired) electrons. The van der Waals surface area contributed by atoms with Crippen LogP contribution in [0.5, 0.6) is 0 Å². The van der Waals surface area contributed by atoms with Gasteiger partial charge in [0.25, 0.3) is 0 Å². The zero-order valence-corrected chi connectivity index (χ0v) is 6.84. The first-order chi connectivity index (χ1) is 5.07. The molecule has 0 saturated heterocycles. The van der Waals surface area contributed by atoms with E-state index in [1.54, 1.807) is 0 Å². The summed E-state index contributed by atoms with van der Waals surface area (Å²) in [5, 5.41) is 7.89. The van der Waals surface area contributed by atoms with Gasteiger partial charge in [0.05, 0.1) is 0 Å². The average molecular weight is 154 g/mol. The maximum Gasteiger partial charge on any atom is 0.330 e. The number of carboxylic acid groups (broad SMARTS) is 1. The Morgan fingerprint density at radius 1 is 1.64 bits per heavy atom. The van der Waals surface area contributed by atoms with Gasteiger partial charge in [-0.15, -0.1) is 6.58 Å². The molecule has 2 nitrogen and oxygen atoms in total. The van der Waals surface area contributed by atoms with Crippen LogP contribution in [-0.2, 0) is 4.79 Å². The lowest BCUT2D eigenvalue weighted by molar-refractivity contribution is -0.132. The molecule has 0 heterocycles. The molecule has 0 aromatic carbocycles. The van der Waals surface area contributed by atoms with E-state index in [1.807, 2.05) is 6.08 Å². The summed E-state index contributed by atoms with van der Waals surface area (Å²) in [6.45, 7) is 8.22. The molecule has 1 aliphatic rings. The summed E-state index contributed by atoms with van der Waals surface area (Å²) >= 11 is 0. The van der Waals surface area contributed by atoms with Crippen molar-refractivity contribution >= 4 is 5.97 Å². The summed E-state index contributed by atoms with van der Waals surface area (Å²) in [7, 11) is 0. The van der Waals surface area contributed by atoms with Gasteiger partial charge in [-0.1, -0.05) is 12.7 Å². The third kappa shape index (κ3) is 6.84. The Balaban J connectivity index is 0.000000183. The Labute approximate surface area is 67.2 Å². The number of rotatable bonds is 2. The first kappa shape index (κ1) is 9.95. The van der Waals surface area contributed by atoms with Crippen molar-refractivity contribution in [2.75, 3.05) is 0 Å². The molecule has 1 saturated carbocycles. The van der Waals surface area contributed by atoms with Gasteiger partial charge in [-0.05, 0) is 25.7 Å². The third-order valence-corrected chi connectivity index (χ3v) is 1.32. The van der Waals surface area contributed by atoms with Crippen molar-refractivity contribution in [3.63, 3.8) is 0 Å². The Morgan fingerprint density at radius 2 is 2.00 bits per heavy atom. The van der Waals surface area contributed by atoms with Crippen LogP contribution in [0.2, 0.25) is 0 Å². The quantitative estimate of drug-likeness (QED) is 0.489. The first-order valence-electron chi connectivity index (χ1n) is 3.59. The van der Waals surface area contributed by atoms with Gasteiger partial charge in [0.1, 0.15) is 0 Å². The van der Waals surface area contributed by atoms with Crippen LogP contribution < -0.4 is 0 Å². The minimum atomic E-state index is -0.935. The number of aliphatic carboxylic acids is 1. The molecular formula is C9H14O2. The van der Waals surface area contributed by atoms with Crippen molar-refractivity contribution in [2.24, 2.45) is 5.92 Å². The summed E-state index contributed by atoms with van der Waals surface area (Å²) < 4.78 is 0. The third-order valence-electron chi connectivity index (χ3n) is 1.32. The summed E-state index contributed by atoms with van der Waals surface area (Å²) in [4.78, 5) is 9.60. The van der Waals surface area contributed by atoms with E-state index >= 15 is 0 Å². The molecular weight excluding hydrogens is 140 g/mol. The lowest BCUT2D eigenvalue weighted by Crippen LogP contribution is -1.92. The molecule has 0 aromatic heterocycles. The zero-order chi connectivity index (χ0) is 8.85. The predicted molar refractivity (Wildman–Crippen MR) is 45.4 cm³/mol. The highest BCUT2D eigenvalue weighted by Crippen LogP contribution is 2.28. The fraction of sp³-hybridized carbons (Fsp3) is 0.444. The second kappa shape index (κ2) is 4.72. The smallest absolute Gasteiger partial charge is 0.330 e. The van der Waals surface area contributed by atoms with E-state index in [4.69, 9.17) is 5.11 Å². The molecule has 1 aliphatic carbocycles. The fourth-order valence-corrected chi connectivity index (χ4v) is 0.332. The van der Waals surface area contributed by atoms with Gasteiger partial charge in [0.15, 0.2) is 0 Å². The van der Waals surface area contributed by atoms with Crippen LogP contribution in [0.15, 0.2) is 24.8 Å². The van der Waals surface area contributed by atoms with E-state index < -0.39 is 5.97 Å². The van der Waals surface area contributed by atoms with Crippen LogP contribution in [0, 0.1) is 5.92 Å². The predicted octanol–water partition coefficient (Wildman–Crippen LogP) is 2.23. The largest absolute Gasteiger partial charge is 0.478 e. The van der Waals surface area contributed by atoms with Gasteiger partial charge in [-0.25, -0.2) is 4.79 Å². The van der Waals surface area contributed by atoms with E-state index in [0.717, 1.165) is 5.92 Å². The SMILES string of the molecule is C=C(C)C(=O)O.C=CC1CC1. The summed E-state index contributed by atoms with van der Waals surface area (Å²) in [6.07, 6.45) is 4.81. The van der Waals surface area contributed by atoms with Gasteiger partial charge in [-0.2, -0.15) is 0 Å². The van der Waals surface area contributed by atoms with Crippen LogP contribution in [-0.4, -0.2) is 11.1 Å². The monoisotopic (exact) mass is 154 g/mol. The Bertz CT molecular complexity index is 154. The van der Waals surface area contributed by atoms with Gasteiger partial charge >= 0.3 is 5.97 Å². The van der Waals surface area contributed by atoms with Crippen LogP contribution in [0.1, 0.15) is 19.8 Å². The molecule has 0 bridgehead atoms. The van der Waals surface area contributed by atoms with Crippen LogP contribution in [0.25, 0.3) is 0 Å². The number of hydrogen-bond donors (Lipinski definition) is 1. The molecule has 0 aromatic rings. The van der Waals surface area contributed by atoms with Gasteiger partial charge < -0.3 is 5.11 Å². The molecule has 0 unspecified atom stereocenters. The van der Waals surface area contributed by atoms with Crippen LogP contribution >= 0.6 is 0 Å². The molecule has 62 valence electrons. The van der Waals surface area contributed by atoms with Gasteiger partial charge in [0, 0.05) is 5.57 Å². The Hall–Kier alpha value is -1.05. The normalized spacial score (nSPS) is 14.3. The maximum atomic E-state index is 9.60. The van der Waals surface area contributed by atoms with Crippen molar-refractivity contribution in [2.45, 2.75) is 19.8 Å². The zero-order valence-electron chi connectivity index (χ0n) is 6.84. The van der Waals surface area contributed by atoms with E-state index in [0.29, 0.717) is 0 Å². The minimum Gasteiger partial charge on any atom is -0.478 e. The van der Waals surface area contributed by atoms with Gasteiger partial charge in [0.2, 0.25) is 0 Å². The summed E-state index contributed by atoms with van der Waals surface area (Å²) in [6, 6.07) is 0. The van der Waals surface area contributed by atoms with Crippen LogP contribution in [0.4, 0.5) is 0 Å². The van der Waals surface area contributed by atoms with Crippen molar-refractivity contribution < 1.29 is 9.90 Å². The Kier molecular flexibility index (Phi) is 4.27. The molecule has 0 atom stereocenters. The summed E-state index contributed by atoms with van der Waals surface area (Å²) in [5.41, 5.74) is 0.176. The molecule has 0 aliphatic heterocycles. The molecule has 1 fully saturated rings. The highest BCUT2D eigenvalue weighted by Gasteiger charge is 2.15. The second-order valence-electron chi connectivity index (χ2n) is 2.66. The topological polar surface area (TPSA) is 37.3 Å². The number of carboxylic acids is 1. The van der Waals surface area contributed by atoms with Gasteiger partial charge in [-0.3, -0.25) is 0 Å². The molecule has 2 heteroatoms. The molecule has 0 spiro atoms.